The number of alkyl carbamates (subject to hydrolysis) is 1. The van der Waals surface area contributed by atoms with E-state index in [0.29, 0.717) is 19.0 Å². The summed E-state index contributed by atoms with van der Waals surface area (Å²) in [5.41, 5.74) is 0.900. The molecule has 0 aliphatic carbocycles. The van der Waals surface area contributed by atoms with E-state index in [1.165, 1.54) is 5.56 Å². The first-order chi connectivity index (χ1) is 14.8. The second kappa shape index (κ2) is 12.7. The number of nitrogens with zero attached hydrogens (tertiary/aromatic N) is 2. The molecule has 0 radical (unpaired) electrons. The largest absolute Gasteiger partial charge is 0.444 e. The lowest BCUT2D eigenvalue weighted by atomic mass is 10.0. The van der Waals surface area contributed by atoms with Gasteiger partial charge in [0.05, 0.1) is 0 Å². The van der Waals surface area contributed by atoms with Crippen molar-refractivity contribution in [2.45, 2.75) is 77.9 Å². The number of hydrogen-bond donors (Lipinski definition) is 1. The van der Waals surface area contributed by atoms with E-state index >= 15 is 0 Å². The molecule has 174 valence electrons. The fourth-order valence-corrected chi connectivity index (χ4v) is 4.01. The highest BCUT2D eigenvalue weighted by atomic mass is 16.6. The SMILES string of the molecule is CCC(=O)N(CCCCNC(=O)OC(C)(C)C)C1CCN(CCc2ccccc2)CC1. The summed E-state index contributed by atoms with van der Waals surface area (Å²) in [6, 6.07) is 11.0. The molecule has 1 fully saturated rings. The number of ether oxygens (including phenoxy) is 1. The predicted molar refractivity (Wildman–Crippen MR) is 125 cm³/mol. The number of piperidine rings is 1. The number of nitrogens with one attached hydrogen (secondary N) is 1. The molecule has 0 aromatic heterocycles. The molecule has 0 bridgehead atoms. The zero-order valence-electron chi connectivity index (χ0n) is 19.9. The average molecular weight is 432 g/mol. The Morgan fingerprint density at radius 2 is 1.81 bits per heavy atom. The van der Waals surface area contributed by atoms with Gasteiger partial charge in [-0.1, -0.05) is 37.3 Å². The Kier molecular flexibility index (Phi) is 10.3. The Bertz CT molecular complexity index is 664. The molecule has 1 aliphatic heterocycles. The number of benzene rings is 1. The summed E-state index contributed by atoms with van der Waals surface area (Å²) in [7, 11) is 0. The first-order valence-electron chi connectivity index (χ1n) is 11.8. The Morgan fingerprint density at radius 3 is 2.42 bits per heavy atom. The van der Waals surface area contributed by atoms with Crippen LogP contribution in [0.15, 0.2) is 30.3 Å². The number of likely N-dealkylation sites (tertiary alicyclic amines) is 1. The van der Waals surface area contributed by atoms with Crippen molar-refractivity contribution in [3.63, 3.8) is 0 Å². The van der Waals surface area contributed by atoms with Crippen LogP contribution in [0.5, 0.6) is 0 Å². The van der Waals surface area contributed by atoms with E-state index in [-0.39, 0.29) is 12.0 Å². The molecule has 0 unspecified atom stereocenters. The monoisotopic (exact) mass is 431 g/mol. The molecule has 1 aromatic carbocycles. The smallest absolute Gasteiger partial charge is 0.407 e. The maximum atomic E-state index is 12.6. The molecular formula is C25H41N3O3. The van der Waals surface area contributed by atoms with Gasteiger partial charge in [0.1, 0.15) is 5.60 Å². The zero-order valence-corrected chi connectivity index (χ0v) is 19.9. The molecule has 6 nitrogen and oxygen atoms in total. The highest BCUT2D eigenvalue weighted by Crippen LogP contribution is 2.19. The third-order valence-corrected chi connectivity index (χ3v) is 5.67. The quantitative estimate of drug-likeness (QED) is 0.563. The Hall–Kier alpha value is -2.08. The van der Waals surface area contributed by atoms with Crippen molar-refractivity contribution in [1.29, 1.82) is 0 Å². The summed E-state index contributed by atoms with van der Waals surface area (Å²) in [6.45, 7) is 12.0. The molecule has 31 heavy (non-hydrogen) atoms. The van der Waals surface area contributed by atoms with Gasteiger partial charge in [-0.2, -0.15) is 0 Å². The molecule has 1 aliphatic rings. The number of amides is 2. The molecule has 1 heterocycles. The summed E-state index contributed by atoms with van der Waals surface area (Å²) >= 11 is 0. The van der Waals surface area contributed by atoms with Crippen LogP contribution < -0.4 is 5.32 Å². The molecule has 1 aromatic rings. The summed E-state index contributed by atoms with van der Waals surface area (Å²) in [5, 5.41) is 2.80. The van der Waals surface area contributed by atoms with E-state index in [0.717, 1.165) is 58.3 Å². The second-order valence-corrected chi connectivity index (χ2v) is 9.38. The fourth-order valence-electron chi connectivity index (χ4n) is 4.01. The van der Waals surface area contributed by atoms with E-state index in [9.17, 15) is 9.59 Å². The van der Waals surface area contributed by atoms with Crippen LogP contribution in [0.1, 0.15) is 65.4 Å². The molecule has 1 saturated heterocycles. The van der Waals surface area contributed by atoms with E-state index < -0.39 is 5.60 Å². The highest BCUT2D eigenvalue weighted by molar-refractivity contribution is 5.76. The van der Waals surface area contributed by atoms with Crippen LogP contribution in [0.4, 0.5) is 4.79 Å². The summed E-state index contributed by atoms with van der Waals surface area (Å²) in [6.07, 6.45) is 5.04. The van der Waals surface area contributed by atoms with Gasteiger partial charge in [-0.3, -0.25) is 4.79 Å². The molecule has 2 amide bonds. The van der Waals surface area contributed by atoms with Gasteiger partial charge in [-0.25, -0.2) is 4.79 Å². The van der Waals surface area contributed by atoms with Crippen LogP contribution >= 0.6 is 0 Å². The number of hydrogen-bond acceptors (Lipinski definition) is 4. The lowest BCUT2D eigenvalue weighted by molar-refractivity contribution is -0.134. The highest BCUT2D eigenvalue weighted by Gasteiger charge is 2.26. The molecule has 2 rings (SSSR count). The van der Waals surface area contributed by atoms with Crippen molar-refractivity contribution in [1.82, 2.24) is 15.1 Å². The summed E-state index contributed by atoms with van der Waals surface area (Å²) in [4.78, 5) is 28.9. The lowest BCUT2D eigenvalue weighted by Crippen LogP contribution is -2.48. The Labute approximate surface area is 188 Å². The normalized spacial score (nSPS) is 15.5. The van der Waals surface area contributed by atoms with Crippen LogP contribution in [-0.2, 0) is 16.0 Å². The molecule has 6 heteroatoms. The number of carbonyl (C=O) groups excluding carboxylic acids is 2. The van der Waals surface area contributed by atoms with Gasteiger partial charge in [-0.15, -0.1) is 0 Å². The van der Waals surface area contributed by atoms with Gasteiger partial charge >= 0.3 is 6.09 Å². The van der Waals surface area contributed by atoms with Crippen LogP contribution in [0.25, 0.3) is 0 Å². The number of carbonyl (C=O) groups is 2. The molecule has 0 spiro atoms. The maximum absolute atomic E-state index is 12.6. The van der Waals surface area contributed by atoms with Gasteiger partial charge in [0.2, 0.25) is 5.91 Å². The topological polar surface area (TPSA) is 61.9 Å². The zero-order chi connectivity index (χ0) is 22.7. The Balaban J connectivity index is 1.70. The van der Waals surface area contributed by atoms with Gasteiger partial charge in [-0.05, 0) is 58.4 Å². The predicted octanol–water partition coefficient (Wildman–Crippen LogP) is 4.24. The third kappa shape index (κ3) is 9.72. The molecule has 0 saturated carbocycles. The van der Waals surface area contributed by atoms with Crippen molar-refractivity contribution < 1.29 is 14.3 Å². The van der Waals surface area contributed by atoms with Gasteiger partial charge in [0, 0.05) is 45.2 Å². The third-order valence-electron chi connectivity index (χ3n) is 5.67. The van der Waals surface area contributed by atoms with Gasteiger partial charge in [0.25, 0.3) is 0 Å². The van der Waals surface area contributed by atoms with Gasteiger partial charge in [0.15, 0.2) is 0 Å². The minimum atomic E-state index is -0.482. The van der Waals surface area contributed by atoms with Crippen molar-refractivity contribution >= 4 is 12.0 Å². The minimum absolute atomic E-state index is 0.239. The lowest BCUT2D eigenvalue weighted by Gasteiger charge is -2.38. The fraction of sp³-hybridized carbons (Fsp3) is 0.680. The van der Waals surface area contributed by atoms with Crippen LogP contribution in [0, 0.1) is 0 Å². The molecular weight excluding hydrogens is 390 g/mol. The van der Waals surface area contributed by atoms with E-state index in [1.54, 1.807) is 0 Å². The first kappa shape index (κ1) is 25.2. The molecule has 1 N–H and O–H groups in total. The maximum Gasteiger partial charge on any atom is 0.407 e. The van der Waals surface area contributed by atoms with Crippen LogP contribution in [0.2, 0.25) is 0 Å². The first-order valence-corrected chi connectivity index (χ1v) is 11.8. The summed E-state index contributed by atoms with van der Waals surface area (Å²) < 4.78 is 5.26. The average Bonchev–Trinajstić information content (AvgIpc) is 2.74. The van der Waals surface area contributed by atoms with Crippen molar-refractivity contribution in [2.75, 3.05) is 32.7 Å². The summed E-state index contributed by atoms with van der Waals surface area (Å²) in [5.74, 6) is 0.239. The van der Waals surface area contributed by atoms with E-state index in [4.69, 9.17) is 4.74 Å². The van der Waals surface area contributed by atoms with Crippen molar-refractivity contribution in [2.24, 2.45) is 0 Å². The van der Waals surface area contributed by atoms with E-state index in [1.807, 2.05) is 27.7 Å². The van der Waals surface area contributed by atoms with Gasteiger partial charge < -0.3 is 19.9 Å². The van der Waals surface area contributed by atoms with Crippen LogP contribution in [0.3, 0.4) is 0 Å². The second-order valence-electron chi connectivity index (χ2n) is 9.38. The minimum Gasteiger partial charge on any atom is -0.444 e. The molecule has 0 atom stereocenters. The van der Waals surface area contributed by atoms with Crippen molar-refractivity contribution in [3.8, 4) is 0 Å². The standard InChI is InChI=1S/C25H41N3O3/c1-5-23(29)28(17-10-9-16-26-24(30)31-25(2,3)4)22-14-19-27(20-15-22)18-13-21-11-7-6-8-12-21/h6-8,11-12,22H,5,9-10,13-20H2,1-4H3,(H,26,30). The van der Waals surface area contributed by atoms with Crippen molar-refractivity contribution in [3.05, 3.63) is 35.9 Å². The Morgan fingerprint density at radius 1 is 1.13 bits per heavy atom. The number of unbranched alkanes of at least 4 members (excludes halogenated alkanes) is 1. The van der Waals surface area contributed by atoms with E-state index in [2.05, 4.69) is 45.4 Å². The number of rotatable bonds is 10. The van der Waals surface area contributed by atoms with Crippen LogP contribution in [-0.4, -0.2) is 66.2 Å².